The van der Waals surface area contributed by atoms with Gasteiger partial charge in [-0.3, -0.25) is 4.90 Å². The van der Waals surface area contributed by atoms with E-state index >= 15 is 0 Å². The number of likely N-dealkylation sites (tertiary alicyclic amines) is 1. The van der Waals surface area contributed by atoms with Gasteiger partial charge in [-0.25, -0.2) is 0 Å². The fraction of sp³-hybridized carbons (Fsp3) is 0.600. The topological polar surface area (TPSA) is 29.3 Å². The molecule has 0 amide bonds. The van der Waals surface area contributed by atoms with Crippen molar-refractivity contribution < 1.29 is 0 Å². The molecule has 1 fully saturated rings. The lowest BCUT2D eigenvalue weighted by molar-refractivity contribution is 0.0834. The Hall–Kier alpha value is -0.860. The summed E-state index contributed by atoms with van der Waals surface area (Å²) in [4.78, 5) is 2.58. The Morgan fingerprint density at radius 1 is 1.35 bits per heavy atom. The first-order chi connectivity index (χ1) is 8.22. The molecule has 3 atom stereocenters. The summed E-state index contributed by atoms with van der Waals surface area (Å²) >= 11 is 0. The molecule has 0 spiro atoms. The van der Waals surface area contributed by atoms with Crippen molar-refractivity contribution in [2.45, 2.75) is 38.8 Å². The van der Waals surface area contributed by atoms with Crippen LogP contribution in [0.25, 0.3) is 0 Å². The van der Waals surface area contributed by atoms with Gasteiger partial charge in [0.05, 0.1) is 0 Å². The van der Waals surface area contributed by atoms with Gasteiger partial charge in [-0.15, -0.1) is 0 Å². The average molecular weight is 232 g/mol. The molecule has 2 N–H and O–H groups in total. The molecule has 17 heavy (non-hydrogen) atoms. The van der Waals surface area contributed by atoms with Gasteiger partial charge in [0, 0.05) is 18.6 Å². The van der Waals surface area contributed by atoms with Gasteiger partial charge in [0.2, 0.25) is 0 Å². The molecule has 1 aromatic carbocycles. The van der Waals surface area contributed by atoms with Crippen molar-refractivity contribution in [1.29, 1.82) is 0 Å². The summed E-state index contributed by atoms with van der Waals surface area (Å²) in [6, 6.07) is 11.8. The van der Waals surface area contributed by atoms with E-state index in [1.807, 2.05) is 0 Å². The molecule has 94 valence electrons. The molecule has 1 heterocycles. The molecule has 1 aliphatic heterocycles. The van der Waals surface area contributed by atoms with Crippen molar-refractivity contribution >= 4 is 0 Å². The first kappa shape index (κ1) is 12.6. The number of piperidine rings is 1. The summed E-state index contributed by atoms with van der Waals surface area (Å²) in [7, 11) is 0. The zero-order chi connectivity index (χ0) is 12.3. The number of hydrogen-bond acceptors (Lipinski definition) is 2. The number of benzene rings is 1. The quantitative estimate of drug-likeness (QED) is 0.868. The van der Waals surface area contributed by atoms with Crippen LogP contribution in [-0.2, 0) is 0 Å². The molecule has 2 heteroatoms. The van der Waals surface area contributed by atoms with Crippen LogP contribution in [0, 0.1) is 5.92 Å². The highest BCUT2D eigenvalue weighted by atomic mass is 15.2. The van der Waals surface area contributed by atoms with E-state index in [2.05, 4.69) is 49.1 Å². The predicted octanol–water partition coefficient (Wildman–Crippen LogP) is 2.81. The van der Waals surface area contributed by atoms with Crippen LogP contribution in [0.1, 0.15) is 38.3 Å². The molecule has 2 rings (SSSR count). The molecule has 3 unspecified atom stereocenters. The number of nitrogens with zero attached hydrogens (tertiary/aromatic N) is 1. The minimum absolute atomic E-state index is 0.484. The molecule has 1 aromatic rings. The summed E-state index contributed by atoms with van der Waals surface area (Å²) in [5.74, 6) is 0.822. The van der Waals surface area contributed by atoms with Gasteiger partial charge in [-0.05, 0) is 37.8 Å². The van der Waals surface area contributed by atoms with Crippen molar-refractivity contribution in [2.24, 2.45) is 11.7 Å². The Morgan fingerprint density at radius 3 is 2.71 bits per heavy atom. The standard InChI is InChI=1S/C15H24N2/c1-12-8-9-17(15(10-12)11-16)13(2)14-6-4-3-5-7-14/h3-7,12-13,15H,8-11,16H2,1-2H3. The van der Waals surface area contributed by atoms with Crippen molar-refractivity contribution in [1.82, 2.24) is 4.90 Å². The molecule has 0 bridgehead atoms. The van der Waals surface area contributed by atoms with E-state index in [9.17, 15) is 0 Å². The van der Waals surface area contributed by atoms with Gasteiger partial charge < -0.3 is 5.73 Å². The monoisotopic (exact) mass is 232 g/mol. The van der Waals surface area contributed by atoms with Crippen molar-refractivity contribution in [3.63, 3.8) is 0 Å². The van der Waals surface area contributed by atoms with Crippen LogP contribution in [0.2, 0.25) is 0 Å². The molecular formula is C15H24N2. The van der Waals surface area contributed by atoms with E-state index in [1.165, 1.54) is 24.9 Å². The van der Waals surface area contributed by atoms with Gasteiger partial charge in [0.1, 0.15) is 0 Å². The van der Waals surface area contributed by atoms with Gasteiger partial charge in [-0.1, -0.05) is 37.3 Å². The first-order valence-corrected chi connectivity index (χ1v) is 6.73. The van der Waals surface area contributed by atoms with Crippen LogP contribution >= 0.6 is 0 Å². The van der Waals surface area contributed by atoms with Gasteiger partial charge in [0.25, 0.3) is 0 Å². The van der Waals surface area contributed by atoms with E-state index < -0.39 is 0 Å². The van der Waals surface area contributed by atoms with Crippen LogP contribution < -0.4 is 5.73 Å². The van der Waals surface area contributed by atoms with E-state index in [0.29, 0.717) is 12.1 Å². The van der Waals surface area contributed by atoms with Gasteiger partial charge >= 0.3 is 0 Å². The van der Waals surface area contributed by atoms with E-state index in [0.717, 1.165) is 12.5 Å². The molecule has 1 aliphatic rings. The van der Waals surface area contributed by atoms with Crippen molar-refractivity contribution in [2.75, 3.05) is 13.1 Å². The summed E-state index contributed by atoms with van der Waals surface area (Å²) < 4.78 is 0. The van der Waals surface area contributed by atoms with Crippen LogP contribution in [-0.4, -0.2) is 24.0 Å². The highest BCUT2D eigenvalue weighted by Gasteiger charge is 2.29. The highest BCUT2D eigenvalue weighted by Crippen LogP contribution is 2.30. The lowest BCUT2D eigenvalue weighted by Gasteiger charge is -2.41. The van der Waals surface area contributed by atoms with Crippen LogP contribution in [0.15, 0.2) is 30.3 Å². The van der Waals surface area contributed by atoms with Crippen LogP contribution in [0.3, 0.4) is 0 Å². The zero-order valence-corrected chi connectivity index (χ0v) is 11.0. The summed E-state index contributed by atoms with van der Waals surface area (Å²) in [5, 5.41) is 0. The molecule has 0 radical (unpaired) electrons. The lowest BCUT2D eigenvalue weighted by Crippen LogP contribution is -2.47. The Balaban J connectivity index is 2.10. The van der Waals surface area contributed by atoms with Crippen molar-refractivity contribution in [3.05, 3.63) is 35.9 Å². The highest BCUT2D eigenvalue weighted by molar-refractivity contribution is 5.18. The second-order valence-corrected chi connectivity index (χ2v) is 5.34. The maximum atomic E-state index is 5.93. The minimum Gasteiger partial charge on any atom is -0.329 e. The first-order valence-electron chi connectivity index (χ1n) is 6.73. The predicted molar refractivity (Wildman–Crippen MR) is 72.8 cm³/mol. The number of rotatable bonds is 3. The minimum atomic E-state index is 0.484. The Kier molecular flexibility index (Phi) is 4.19. The van der Waals surface area contributed by atoms with Crippen LogP contribution in [0.4, 0.5) is 0 Å². The SMILES string of the molecule is CC1CCN(C(C)c2ccccc2)C(CN)C1. The third-order valence-electron chi connectivity index (χ3n) is 4.08. The van der Waals surface area contributed by atoms with E-state index in [4.69, 9.17) is 5.73 Å². The summed E-state index contributed by atoms with van der Waals surface area (Å²) in [6.07, 6.45) is 2.54. The second-order valence-electron chi connectivity index (χ2n) is 5.34. The lowest BCUT2D eigenvalue weighted by atomic mass is 9.90. The Morgan fingerprint density at radius 2 is 2.06 bits per heavy atom. The molecule has 0 aliphatic carbocycles. The smallest absolute Gasteiger partial charge is 0.0323 e. The normalized spacial score (nSPS) is 27.9. The summed E-state index contributed by atoms with van der Waals surface area (Å²) in [5.41, 5.74) is 7.33. The largest absolute Gasteiger partial charge is 0.329 e. The molecule has 0 aromatic heterocycles. The molecule has 0 saturated carbocycles. The third kappa shape index (κ3) is 2.88. The van der Waals surface area contributed by atoms with Gasteiger partial charge in [-0.2, -0.15) is 0 Å². The third-order valence-corrected chi connectivity index (χ3v) is 4.08. The Labute approximate surface area is 105 Å². The van der Waals surface area contributed by atoms with Gasteiger partial charge in [0.15, 0.2) is 0 Å². The fourth-order valence-corrected chi connectivity index (χ4v) is 2.93. The summed E-state index contributed by atoms with van der Waals surface area (Å²) in [6.45, 7) is 6.60. The van der Waals surface area contributed by atoms with Crippen LogP contribution in [0.5, 0.6) is 0 Å². The number of nitrogens with two attached hydrogens (primary N) is 1. The number of hydrogen-bond donors (Lipinski definition) is 1. The fourth-order valence-electron chi connectivity index (χ4n) is 2.93. The second kappa shape index (κ2) is 5.65. The molecule has 1 saturated heterocycles. The molecule has 2 nitrogen and oxygen atoms in total. The van der Waals surface area contributed by atoms with Crippen molar-refractivity contribution in [3.8, 4) is 0 Å². The zero-order valence-electron chi connectivity index (χ0n) is 11.0. The average Bonchev–Trinajstić information content (AvgIpc) is 2.39. The molecular weight excluding hydrogens is 208 g/mol. The maximum Gasteiger partial charge on any atom is 0.0323 e. The Bertz CT molecular complexity index is 336. The maximum absolute atomic E-state index is 5.93. The van der Waals surface area contributed by atoms with E-state index in [-0.39, 0.29) is 0 Å². The van der Waals surface area contributed by atoms with E-state index in [1.54, 1.807) is 0 Å².